The Kier molecular flexibility index (Phi) is 3.67. The molecular weight excluding hydrogens is 257 g/mol. The standard InChI is InChI=1S/C16H18FNS/c1-11-2-7-16(19-11)10-18-15-8-13(9-15)12-3-5-14(17)6-4-12/h2-7,13,15,18H,8-10H2,1H3. The lowest BCUT2D eigenvalue weighted by Crippen LogP contribution is -2.39. The van der Waals surface area contributed by atoms with Crippen LogP contribution in [0.15, 0.2) is 36.4 Å². The van der Waals surface area contributed by atoms with Crippen LogP contribution in [-0.4, -0.2) is 6.04 Å². The maximum absolute atomic E-state index is 12.8. The summed E-state index contributed by atoms with van der Waals surface area (Å²) in [5.41, 5.74) is 1.27. The molecule has 3 heteroatoms. The van der Waals surface area contributed by atoms with E-state index in [1.165, 1.54) is 15.3 Å². The molecule has 0 radical (unpaired) electrons. The quantitative estimate of drug-likeness (QED) is 0.880. The second-order valence-corrected chi connectivity index (χ2v) is 6.68. The first-order chi connectivity index (χ1) is 9.20. The normalized spacial score (nSPS) is 22.2. The molecule has 1 nitrogen and oxygen atoms in total. The molecule has 1 aromatic heterocycles. The average Bonchev–Trinajstić information content (AvgIpc) is 2.75. The summed E-state index contributed by atoms with van der Waals surface area (Å²) in [7, 11) is 0. The van der Waals surface area contributed by atoms with Gasteiger partial charge in [0, 0.05) is 22.3 Å². The van der Waals surface area contributed by atoms with E-state index >= 15 is 0 Å². The first-order valence-corrected chi connectivity index (χ1v) is 7.56. The van der Waals surface area contributed by atoms with Crippen LogP contribution in [0.4, 0.5) is 4.39 Å². The number of hydrogen-bond acceptors (Lipinski definition) is 2. The smallest absolute Gasteiger partial charge is 0.123 e. The Morgan fingerprint density at radius 2 is 1.89 bits per heavy atom. The van der Waals surface area contributed by atoms with Crippen molar-refractivity contribution in [1.29, 1.82) is 0 Å². The summed E-state index contributed by atoms with van der Waals surface area (Å²) in [6, 6.07) is 11.9. The van der Waals surface area contributed by atoms with E-state index in [9.17, 15) is 4.39 Å². The van der Waals surface area contributed by atoms with Crippen molar-refractivity contribution >= 4 is 11.3 Å². The van der Waals surface area contributed by atoms with Gasteiger partial charge < -0.3 is 5.32 Å². The number of aryl methyl sites for hydroxylation is 1. The van der Waals surface area contributed by atoms with Gasteiger partial charge in [-0.3, -0.25) is 0 Å². The lowest BCUT2D eigenvalue weighted by Gasteiger charge is -2.36. The summed E-state index contributed by atoms with van der Waals surface area (Å²) < 4.78 is 12.8. The third-order valence-electron chi connectivity index (χ3n) is 3.84. The minimum atomic E-state index is -0.147. The monoisotopic (exact) mass is 275 g/mol. The first kappa shape index (κ1) is 12.8. The number of nitrogens with one attached hydrogen (secondary N) is 1. The Morgan fingerprint density at radius 1 is 1.16 bits per heavy atom. The topological polar surface area (TPSA) is 12.0 Å². The van der Waals surface area contributed by atoms with Crippen molar-refractivity contribution in [3.63, 3.8) is 0 Å². The van der Waals surface area contributed by atoms with E-state index in [0.29, 0.717) is 12.0 Å². The van der Waals surface area contributed by atoms with Gasteiger partial charge in [-0.25, -0.2) is 4.39 Å². The van der Waals surface area contributed by atoms with Gasteiger partial charge in [-0.1, -0.05) is 12.1 Å². The average molecular weight is 275 g/mol. The molecule has 0 amide bonds. The van der Waals surface area contributed by atoms with Gasteiger partial charge in [0.1, 0.15) is 5.82 Å². The molecule has 0 aliphatic heterocycles. The van der Waals surface area contributed by atoms with Gasteiger partial charge in [0.15, 0.2) is 0 Å². The van der Waals surface area contributed by atoms with Gasteiger partial charge in [-0.2, -0.15) is 0 Å². The number of halogens is 1. The maximum atomic E-state index is 12.8. The highest BCUT2D eigenvalue weighted by molar-refractivity contribution is 7.11. The molecule has 19 heavy (non-hydrogen) atoms. The predicted octanol–water partition coefficient (Wildman–Crippen LogP) is 4.23. The van der Waals surface area contributed by atoms with Crippen LogP contribution in [-0.2, 0) is 6.54 Å². The summed E-state index contributed by atoms with van der Waals surface area (Å²) in [6.45, 7) is 3.11. The van der Waals surface area contributed by atoms with Crippen LogP contribution >= 0.6 is 11.3 Å². The molecule has 1 N–H and O–H groups in total. The van der Waals surface area contributed by atoms with Crippen LogP contribution in [0.5, 0.6) is 0 Å². The zero-order valence-corrected chi connectivity index (χ0v) is 11.8. The molecular formula is C16H18FNS. The molecule has 1 fully saturated rings. The van der Waals surface area contributed by atoms with Crippen LogP contribution in [0.25, 0.3) is 0 Å². The lowest BCUT2D eigenvalue weighted by atomic mass is 9.76. The third kappa shape index (κ3) is 3.04. The Balaban J connectivity index is 1.46. The van der Waals surface area contributed by atoms with Gasteiger partial charge in [-0.15, -0.1) is 11.3 Å². The van der Waals surface area contributed by atoms with Crippen molar-refractivity contribution in [3.8, 4) is 0 Å². The van der Waals surface area contributed by atoms with Crippen LogP contribution in [0, 0.1) is 12.7 Å². The molecule has 3 rings (SSSR count). The van der Waals surface area contributed by atoms with Crippen molar-refractivity contribution in [2.75, 3.05) is 0 Å². The molecule has 0 bridgehead atoms. The molecule has 1 aliphatic rings. The Hall–Kier alpha value is -1.19. The van der Waals surface area contributed by atoms with Crippen molar-refractivity contribution < 1.29 is 4.39 Å². The summed E-state index contributed by atoms with van der Waals surface area (Å²) in [4.78, 5) is 2.78. The lowest BCUT2D eigenvalue weighted by molar-refractivity contribution is 0.290. The maximum Gasteiger partial charge on any atom is 0.123 e. The molecule has 1 heterocycles. The van der Waals surface area contributed by atoms with Crippen LogP contribution in [0.2, 0.25) is 0 Å². The van der Waals surface area contributed by atoms with Gasteiger partial charge in [-0.05, 0) is 55.5 Å². The highest BCUT2D eigenvalue weighted by Crippen LogP contribution is 2.37. The fraction of sp³-hybridized carbons (Fsp3) is 0.375. The van der Waals surface area contributed by atoms with Gasteiger partial charge in [0.25, 0.3) is 0 Å². The van der Waals surface area contributed by atoms with Crippen molar-refractivity contribution in [2.24, 2.45) is 0 Å². The summed E-state index contributed by atoms with van der Waals surface area (Å²) in [5.74, 6) is 0.453. The Morgan fingerprint density at radius 3 is 2.53 bits per heavy atom. The molecule has 0 spiro atoms. The van der Waals surface area contributed by atoms with E-state index in [0.717, 1.165) is 19.4 Å². The molecule has 0 atom stereocenters. The van der Waals surface area contributed by atoms with Crippen LogP contribution < -0.4 is 5.32 Å². The van der Waals surface area contributed by atoms with Crippen LogP contribution in [0.1, 0.15) is 34.1 Å². The molecule has 1 aromatic carbocycles. The van der Waals surface area contributed by atoms with E-state index in [1.54, 1.807) is 12.1 Å². The first-order valence-electron chi connectivity index (χ1n) is 6.75. The summed E-state index contributed by atoms with van der Waals surface area (Å²) >= 11 is 1.86. The van der Waals surface area contributed by atoms with Crippen molar-refractivity contribution in [3.05, 3.63) is 57.5 Å². The largest absolute Gasteiger partial charge is 0.309 e. The predicted molar refractivity (Wildman–Crippen MR) is 78.1 cm³/mol. The van der Waals surface area contributed by atoms with Gasteiger partial charge in [0.2, 0.25) is 0 Å². The van der Waals surface area contributed by atoms with Crippen molar-refractivity contribution in [2.45, 2.75) is 38.3 Å². The fourth-order valence-electron chi connectivity index (χ4n) is 2.62. The molecule has 1 aliphatic carbocycles. The number of rotatable bonds is 4. The zero-order chi connectivity index (χ0) is 13.2. The van der Waals surface area contributed by atoms with E-state index in [4.69, 9.17) is 0 Å². The number of benzene rings is 1. The minimum absolute atomic E-state index is 0.147. The Labute approximate surface area is 117 Å². The van der Waals surface area contributed by atoms with E-state index in [1.807, 2.05) is 23.5 Å². The van der Waals surface area contributed by atoms with E-state index in [-0.39, 0.29) is 5.82 Å². The van der Waals surface area contributed by atoms with E-state index in [2.05, 4.69) is 24.4 Å². The SMILES string of the molecule is Cc1ccc(CNC2CC(c3ccc(F)cc3)C2)s1. The summed E-state index contributed by atoms with van der Waals surface area (Å²) in [5, 5.41) is 3.60. The number of hydrogen-bond donors (Lipinski definition) is 1. The molecule has 0 saturated heterocycles. The van der Waals surface area contributed by atoms with Crippen LogP contribution in [0.3, 0.4) is 0 Å². The van der Waals surface area contributed by atoms with Crippen molar-refractivity contribution in [1.82, 2.24) is 5.32 Å². The Bertz CT molecular complexity index is 540. The highest BCUT2D eigenvalue weighted by Gasteiger charge is 2.29. The second-order valence-electron chi connectivity index (χ2n) is 5.31. The number of thiophene rings is 1. The third-order valence-corrected chi connectivity index (χ3v) is 4.84. The molecule has 100 valence electrons. The summed E-state index contributed by atoms with van der Waals surface area (Å²) in [6.07, 6.45) is 2.33. The minimum Gasteiger partial charge on any atom is -0.309 e. The second kappa shape index (κ2) is 5.43. The molecule has 2 aromatic rings. The van der Waals surface area contributed by atoms with Gasteiger partial charge in [0.05, 0.1) is 0 Å². The fourth-order valence-corrected chi connectivity index (χ4v) is 3.46. The molecule has 1 saturated carbocycles. The van der Waals surface area contributed by atoms with Gasteiger partial charge >= 0.3 is 0 Å². The highest BCUT2D eigenvalue weighted by atomic mass is 32.1. The zero-order valence-electron chi connectivity index (χ0n) is 11.0. The molecule has 0 unspecified atom stereocenters. The van der Waals surface area contributed by atoms with E-state index < -0.39 is 0 Å².